The number of aryl methyl sites for hydroxylation is 3. The van der Waals surface area contributed by atoms with Crippen LogP contribution in [0.1, 0.15) is 17.0 Å². The van der Waals surface area contributed by atoms with E-state index in [-0.39, 0.29) is 0 Å². The molecule has 6 heteroatoms. The first-order valence-corrected chi connectivity index (χ1v) is 5.28. The molecular formula is C11H14N6. The Labute approximate surface area is 99.5 Å². The monoisotopic (exact) mass is 230 g/mol. The summed E-state index contributed by atoms with van der Waals surface area (Å²) in [6.45, 7) is 2.44. The number of aromatic nitrogens is 4. The Kier molecular flexibility index (Phi) is 2.83. The topological polar surface area (TPSA) is 71.5 Å². The fourth-order valence-corrected chi connectivity index (χ4v) is 1.74. The van der Waals surface area contributed by atoms with E-state index in [0.29, 0.717) is 12.1 Å². The fourth-order valence-electron chi connectivity index (χ4n) is 1.74. The lowest BCUT2D eigenvalue weighted by Gasteiger charge is -2.07. The Bertz CT molecular complexity index is 571. The van der Waals surface area contributed by atoms with Crippen molar-refractivity contribution in [1.82, 2.24) is 19.6 Å². The Morgan fingerprint density at radius 2 is 2.18 bits per heavy atom. The van der Waals surface area contributed by atoms with E-state index in [4.69, 9.17) is 5.26 Å². The molecule has 0 saturated heterocycles. The van der Waals surface area contributed by atoms with Gasteiger partial charge in [0.1, 0.15) is 17.5 Å². The van der Waals surface area contributed by atoms with Gasteiger partial charge in [0.05, 0.1) is 17.9 Å². The first-order valence-electron chi connectivity index (χ1n) is 5.28. The van der Waals surface area contributed by atoms with Crippen molar-refractivity contribution in [3.05, 3.63) is 29.2 Å². The van der Waals surface area contributed by atoms with Crippen molar-refractivity contribution in [3.8, 4) is 6.07 Å². The van der Waals surface area contributed by atoms with E-state index in [1.54, 1.807) is 15.6 Å². The Morgan fingerprint density at radius 1 is 1.41 bits per heavy atom. The molecule has 0 unspecified atom stereocenters. The van der Waals surface area contributed by atoms with Crippen LogP contribution in [0.5, 0.6) is 0 Å². The van der Waals surface area contributed by atoms with Crippen LogP contribution < -0.4 is 5.32 Å². The maximum atomic E-state index is 9.06. The Hall–Kier alpha value is -2.29. The minimum Gasteiger partial charge on any atom is -0.364 e. The van der Waals surface area contributed by atoms with Crippen LogP contribution in [0.4, 0.5) is 5.82 Å². The summed E-state index contributed by atoms with van der Waals surface area (Å²) >= 11 is 0. The highest BCUT2D eigenvalue weighted by Gasteiger charge is 2.12. The molecule has 2 rings (SSSR count). The molecule has 0 radical (unpaired) electrons. The van der Waals surface area contributed by atoms with E-state index in [2.05, 4.69) is 21.6 Å². The normalized spacial score (nSPS) is 10.2. The van der Waals surface area contributed by atoms with E-state index in [9.17, 15) is 0 Å². The summed E-state index contributed by atoms with van der Waals surface area (Å²) in [6.07, 6.45) is 1.75. The van der Waals surface area contributed by atoms with Crippen LogP contribution in [0.25, 0.3) is 0 Å². The fraction of sp³-hybridized carbons (Fsp3) is 0.364. The average molecular weight is 230 g/mol. The number of anilines is 1. The molecule has 1 N–H and O–H groups in total. The van der Waals surface area contributed by atoms with Crippen molar-refractivity contribution < 1.29 is 0 Å². The lowest BCUT2D eigenvalue weighted by atomic mass is 10.2. The maximum absolute atomic E-state index is 9.06. The molecule has 0 spiro atoms. The highest BCUT2D eigenvalue weighted by Crippen LogP contribution is 2.17. The highest BCUT2D eigenvalue weighted by molar-refractivity contribution is 5.55. The van der Waals surface area contributed by atoms with Gasteiger partial charge in [0.2, 0.25) is 0 Å². The predicted octanol–water partition coefficient (Wildman–Crippen LogP) is 0.946. The summed E-state index contributed by atoms with van der Waals surface area (Å²) in [7, 11) is 3.70. The number of nitriles is 1. The summed E-state index contributed by atoms with van der Waals surface area (Å²) < 4.78 is 3.48. The van der Waals surface area contributed by atoms with Crippen LogP contribution in [-0.4, -0.2) is 19.6 Å². The van der Waals surface area contributed by atoms with Gasteiger partial charge in [-0.05, 0) is 13.0 Å². The first-order chi connectivity index (χ1) is 8.13. The van der Waals surface area contributed by atoms with Gasteiger partial charge in [0.15, 0.2) is 0 Å². The third-order valence-electron chi connectivity index (χ3n) is 2.69. The molecule has 6 nitrogen and oxygen atoms in total. The zero-order chi connectivity index (χ0) is 12.4. The summed E-state index contributed by atoms with van der Waals surface area (Å²) in [4.78, 5) is 0. The minimum absolute atomic E-state index is 0.592. The van der Waals surface area contributed by atoms with E-state index >= 15 is 0 Å². The standard InChI is InChI=1S/C11H14N6/c1-8-10(6-12)11(17(3)15-8)13-7-9-4-5-14-16(9)2/h4-5,13H,7H2,1-3H3. The highest BCUT2D eigenvalue weighted by atomic mass is 15.3. The molecular weight excluding hydrogens is 216 g/mol. The van der Waals surface area contributed by atoms with Gasteiger partial charge in [-0.25, -0.2) is 0 Å². The van der Waals surface area contributed by atoms with Crippen LogP contribution in [-0.2, 0) is 20.6 Å². The summed E-state index contributed by atoms with van der Waals surface area (Å²) in [5, 5.41) is 20.6. The maximum Gasteiger partial charge on any atom is 0.142 e. The Morgan fingerprint density at radius 3 is 2.76 bits per heavy atom. The second kappa shape index (κ2) is 4.29. The van der Waals surface area contributed by atoms with Crippen LogP contribution in [0.3, 0.4) is 0 Å². The van der Waals surface area contributed by atoms with Crippen LogP contribution in [0.15, 0.2) is 12.3 Å². The molecule has 0 aromatic carbocycles. The molecule has 2 aromatic rings. The lowest BCUT2D eigenvalue weighted by molar-refractivity contribution is 0.712. The van der Waals surface area contributed by atoms with Gasteiger partial charge in [0.25, 0.3) is 0 Å². The zero-order valence-electron chi connectivity index (χ0n) is 10.1. The SMILES string of the molecule is Cc1nn(C)c(NCc2ccnn2C)c1C#N. The number of nitrogens with zero attached hydrogens (tertiary/aromatic N) is 5. The zero-order valence-corrected chi connectivity index (χ0v) is 10.1. The molecule has 0 aliphatic carbocycles. The van der Waals surface area contributed by atoms with Crippen LogP contribution >= 0.6 is 0 Å². The van der Waals surface area contributed by atoms with Gasteiger partial charge in [-0.3, -0.25) is 9.36 Å². The van der Waals surface area contributed by atoms with E-state index in [1.807, 2.05) is 27.1 Å². The number of rotatable bonds is 3. The van der Waals surface area contributed by atoms with Crippen LogP contribution in [0, 0.1) is 18.3 Å². The summed E-state index contributed by atoms with van der Waals surface area (Å²) in [6, 6.07) is 4.09. The molecule has 0 fully saturated rings. The van der Waals surface area contributed by atoms with Crippen molar-refractivity contribution >= 4 is 5.82 Å². The molecule has 0 saturated carbocycles. The van der Waals surface area contributed by atoms with Crippen molar-refractivity contribution in [2.24, 2.45) is 14.1 Å². The quantitative estimate of drug-likeness (QED) is 0.852. The molecule has 2 aromatic heterocycles. The molecule has 0 bridgehead atoms. The van der Waals surface area contributed by atoms with Crippen molar-refractivity contribution in [2.45, 2.75) is 13.5 Å². The number of nitrogens with one attached hydrogen (secondary N) is 1. The second-order valence-corrected chi connectivity index (χ2v) is 3.84. The first kappa shape index (κ1) is 11.2. The van der Waals surface area contributed by atoms with Gasteiger partial charge in [0, 0.05) is 20.3 Å². The molecule has 0 aliphatic rings. The molecule has 88 valence electrons. The Balaban J connectivity index is 2.20. The van der Waals surface area contributed by atoms with Gasteiger partial charge < -0.3 is 5.32 Å². The lowest BCUT2D eigenvalue weighted by Crippen LogP contribution is -2.09. The van der Waals surface area contributed by atoms with Gasteiger partial charge in [-0.1, -0.05) is 0 Å². The van der Waals surface area contributed by atoms with Gasteiger partial charge >= 0.3 is 0 Å². The van der Waals surface area contributed by atoms with Gasteiger partial charge in [-0.2, -0.15) is 15.5 Å². The molecule has 17 heavy (non-hydrogen) atoms. The van der Waals surface area contributed by atoms with Crippen molar-refractivity contribution in [1.29, 1.82) is 5.26 Å². The predicted molar refractivity (Wildman–Crippen MR) is 63.2 cm³/mol. The van der Waals surface area contributed by atoms with E-state index in [0.717, 1.165) is 17.2 Å². The minimum atomic E-state index is 0.592. The largest absolute Gasteiger partial charge is 0.364 e. The molecule has 0 aliphatic heterocycles. The van der Waals surface area contributed by atoms with E-state index < -0.39 is 0 Å². The van der Waals surface area contributed by atoms with Crippen molar-refractivity contribution in [2.75, 3.05) is 5.32 Å². The smallest absolute Gasteiger partial charge is 0.142 e. The number of hydrogen-bond acceptors (Lipinski definition) is 4. The molecule has 0 amide bonds. The summed E-state index contributed by atoms with van der Waals surface area (Å²) in [5.74, 6) is 0.742. The third kappa shape index (κ3) is 1.99. The van der Waals surface area contributed by atoms with Crippen molar-refractivity contribution in [3.63, 3.8) is 0 Å². The number of hydrogen-bond donors (Lipinski definition) is 1. The van der Waals surface area contributed by atoms with Gasteiger partial charge in [-0.15, -0.1) is 0 Å². The summed E-state index contributed by atoms with van der Waals surface area (Å²) in [5.41, 5.74) is 2.38. The second-order valence-electron chi connectivity index (χ2n) is 3.84. The third-order valence-corrected chi connectivity index (χ3v) is 2.69. The average Bonchev–Trinajstić information content (AvgIpc) is 2.80. The van der Waals surface area contributed by atoms with E-state index in [1.165, 1.54) is 0 Å². The molecule has 2 heterocycles. The molecule has 0 atom stereocenters. The van der Waals surface area contributed by atoms with Crippen LogP contribution in [0.2, 0.25) is 0 Å².